The molecule has 5 nitrogen and oxygen atoms in total. The molecule has 1 aromatic heterocycles. The number of nitrogens with one attached hydrogen (secondary N) is 3. The summed E-state index contributed by atoms with van der Waals surface area (Å²) in [6, 6.07) is 11.1. The third-order valence-corrected chi connectivity index (χ3v) is 2.83. The molecular formula is C14H15N3O2S. The van der Waals surface area contributed by atoms with Crippen LogP contribution in [0, 0.1) is 0 Å². The lowest BCUT2D eigenvalue weighted by atomic mass is 10.1. The molecule has 0 saturated heterocycles. The second-order valence-corrected chi connectivity index (χ2v) is 4.47. The fourth-order valence-corrected chi connectivity index (χ4v) is 1.78. The second kappa shape index (κ2) is 6.72. The van der Waals surface area contributed by atoms with Gasteiger partial charge in [0.1, 0.15) is 0 Å². The Balaban J connectivity index is 1.85. The van der Waals surface area contributed by atoms with Crippen molar-refractivity contribution >= 4 is 28.9 Å². The Morgan fingerprint density at radius 3 is 2.80 bits per heavy atom. The number of carbonyl (C=O) groups excluding carboxylic acids is 1. The first-order valence-corrected chi connectivity index (χ1v) is 6.59. The quantitative estimate of drug-likeness (QED) is 0.598. The van der Waals surface area contributed by atoms with Crippen molar-refractivity contribution in [1.29, 1.82) is 0 Å². The first-order valence-electron chi connectivity index (χ1n) is 6.19. The Labute approximate surface area is 122 Å². The van der Waals surface area contributed by atoms with E-state index in [0.29, 0.717) is 5.11 Å². The van der Waals surface area contributed by atoms with Gasteiger partial charge < -0.3 is 9.73 Å². The second-order valence-electron chi connectivity index (χ2n) is 4.06. The number of rotatable bonds is 3. The molecule has 0 atom stereocenters. The molecule has 2 rings (SSSR count). The van der Waals surface area contributed by atoms with Crippen LogP contribution < -0.4 is 16.2 Å². The normalized spacial score (nSPS) is 9.85. The maximum atomic E-state index is 11.6. The van der Waals surface area contributed by atoms with E-state index in [2.05, 4.69) is 23.1 Å². The van der Waals surface area contributed by atoms with Gasteiger partial charge in [0.15, 0.2) is 10.9 Å². The molecule has 1 amide bonds. The van der Waals surface area contributed by atoms with E-state index in [1.807, 2.05) is 24.3 Å². The lowest BCUT2D eigenvalue weighted by Crippen LogP contribution is -2.43. The molecule has 0 aliphatic carbocycles. The molecule has 6 heteroatoms. The molecule has 0 fully saturated rings. The van der Waals surface area contributed by atoms with Crippen molar-refractivity contribution < 1.29 is 9.21 Å². The molecule has 2 aromatic rings. The van der Waals surface area contributed by atoms with Crippen LogP contribution in [-0.4, -0.2) is 11.0 Å². The Bertz CT molecular complexity index is 596. The summed E-state index contributed by atoms with van der Waals surface area (Å²) in [4.78, 5) is 11.6. The maximum absolute atomic E-state index is 11.6. The standard InChI is InChI=1S/C14H15N3O2S/c1-2-10-5-3-6-11(9-10)15-14(20)17-16-13(18)12-7-4-8-19-12/h3-9H,2H2,1H3,(H,16,18)(H2,15,17,20). The summed E-state index contributed by atoms with van der Waals surface area (Å²) in [5, 5.41) is 3.30. The van der Waals surface area contributed by atoms with E-state index < -0.39 is 0 Å². The van der Waals surface area contributed by atoms with E-state index in [-0.39, 0.29) is 11.7 Å². The third kappa shape index (κ3) is 3.83. The number of hydrogen-bond acceptors (Lipinski definition) is 3. The van der Waals surface area contributed by atoms with Crippen LogP contribution in [0.25, 0.3) is 0 Å². The van der Waals surface area contributed by atoms with Crippen molar-refractivity contribution in [3.8, 4) is 0 Å². The lowest BCUT2D eigenvalue weighted by Gasteiger charge is -2.11. The molecule has 104 valence electrons. The van der Waals surface area contributed by atoms with Crippen LogP contribution in [0.2, 0.25) is 0 Å². The average molecular weight is 289 g/mol. The number of amides is 1. The summed E-state index contributed by atoms with van der Waals surface area (Å²) in [5.74, 6) is -0.172. The molecule has 0 aliphatic heterocycles. The molecule has 0 bridgehead atoms. The minimum Gasteiger partial charge on any atom is -0.459 e. The van der Waals surface area contributed by atoms with Crippen molar-refractivity contribution in [3.05, 3.63) is 54.0 Å². The van der Waals surface area contributed by atoms with Gasteiger partial charge in [0.25, 0.3) is 0 Å². The number of thiocarbonyl (C=S) groups is 1. The van der Waals surface area contributed by atoms with Gasteiger partial charge in [-0.05, 0) is 48.5 Å². The van der Waals surface area contributed by atoms with Gasteiger partial charge >= 0.3 is 5.91 Å². The first kappa shape index (κ1) is 14.1. The van der Waals surface area contributed by atoms with E-state index in [1.165, 1.54) is 11.8 Å². The van der Waals surface area contributed by atoms with Crippen LogP contribution in [0.1, 0.15) is 23.0 Å². The molecular weight excluding hydrogens is 274 g/mol. The topological polar surface area (TPSA) is 66.3 Å². The van der Waals surface area contributed by atoms with Crippen LogP contribution in [0.3, 0.4) is 0 Å². The molecule has 0 aliphatic rings. The molecule has 1 heterocycles. The highest BCUT2D eigenvalue weighted by atomic mass is 32.1. The van der Waals surface area contributed by atoms with Crippen molar-refractivity contribution in [2.75, 3.05) is 5.32 Å². The zero-order valence-corrected chi connectivity index (χ0v) is 11.8. The molecule has 20 heavy (non-hydrogen) atoms. The number of benzene rings is 1. The van der Waals surface area contributed by atoms with E-state index in [9.17, 15) is 4.79 Å². The Hall–Kier alpha value is -2.34. The van der Waals surface area contributed by atoms with Gasteiger partial charge in [-0.2, -0.15) is 0 Å². The van der Waals surface area contributed by atoms with E-state index in [1.54, 1.807) is 12.1 Å². The summed E-state index contributed by atoms with van der Waals surface area (Å²) in [6.45, 7) is 2.08. The predicted octanol–water partition coefficient (Wildman–Crippen LogP) is 2.47. The zero-order chi connectivity index (χ0) is 14.4. The summed E-state index contributed by atoms with van der Waals surface area (Å²) in [7, 11) is 0. The van der Waals surface area contributed by atoms with Crippen LogP contribution in [0.15, 0.2) is 47.1 Å². The van der Waals surface area contributed by atoms with Gasteiger partial charge in [-0.1, -0.05) is 19.1 Å². The fraction of sp³-hybridized carbons (Fsp3) is 0.143. The number of anilines is 1. The minimum atomic E-state index is -0.388. The highest BCUT2D eigenvalue weighted by molar-refractivity contribution is 7.80. The first-order chi connectivity index (χ1) is 9.69. The van der Waals surface area contributed by atoms with Gasteiger partial charge in [0.2, 0.25) is 0 Å². The molecule has 3 N–H and O–H groups in total. The van der Waals surface area contributed by atoms with Gasteiger partial charge in [-0.3, -0.25) is 15.6 Å². The Morgan fingerprint density at radius 1 is 1.25 bits per heavy atom. The van der Waals surface area contributed by atoms with Gasteiger partial charge in [0.05, 0.1) is 6.26 Å². The van der Waals surface area contributed by atoms with Crippen LogP contribution in [-0.2, 0) is 6.42 Å². The summed E-state index contributed by atoms with van der Waals surface area (Å²) >= 11 is 5.10. The molecule has 0 radical (unpaired) electrons. The summed E-state index contributed by atoms with van der Waals surface area (Å²) < 4.78 is 4.96. The molecule has 0 unspecified atom stereocenters. The fourth-order valence-electron chi connectivity index (χ4n) is 1.61. The lowest BCUT2D eigenvalue weighted by molar-refractivity contribution is 0.0916. The zero-order valence-electron chi connectivity index (χ0n) is 11.0. The molecule has 0 spiro atoms. The number of carbonyl (C=O) groups is 1. The van der Waals surface area contributed by atoms with E-state index in [4.69, 9.17) is 16.6 Å². The van der Waals surface area contributed by atoms with Gasteiger partial charge in [-0.15, -0.1) is 0 Å². The predicted molar refractivity (Wildman–Crippen MR) is 81.4 cm³/mol. The largest absolute Gasteiger partial charge is 0.459 e. The van der Waals surface area contributed by atoms with Crippen molar-refractivity contribution in [1.82, 2.24) is 10.9 Å². The van der Waals surface area contributed by atoms with Crippen LogP contribution in [0.4, 0.5) is 5.69 Å². The van der Waals surface area contributed by atoms with Crippen molar-refractivity contribution in [3.63, 3.8) is 0 Å². The monoisotopic (exact) mass is 289 g/mol. The van der Waals surface area contributed by atoms with Crippen molar-refractivity contribution in [2.24, 2.45) is 0 Å². The third-order valence-electron chi connectivity index (χ3n) is 2.63. The number of aryl methyl sites for hydroxylation is 1. The van der Waals surface area contributed by atoms with Gasteiger partial charge in [0, 0.05) is 5.69 Å². The summed E-state index contributed by atoms with van der Waals surface area (Å²) in [5.41, 5.74) is 7.14. The highest BCUT2D eigenvalue weighted by Crippen LogP contribution is 2.10. The SMILES string of the molecule is CCc1cccc(NC(=S)NNC(=O)c2ccco2)c1. The number of furan rings is 1. The molecule has 1 aromatic carbocycles. The average Bonchev–Trinajstić information content (AvgIpc) is 2.99. The minimum absolute atomic E-state index is 0.216. The van der Waals surface area contributed by atoms with Crippen LogP contribution >= 0.6 is 12.2 Å². The Morgan fingerprint density at radius 2 is 2.10 bits per heavy atom. The Kier molecular flexibility index (Phi) is 4.73. The smallest absolute Gasteiger partial charge is 0.305 e. The van der Waals surface area contributed by atoms with Crippen molar-refractivity contribution in [2.45, 2.75) is 13.3 Å². The van der Waals surface area contributed by atoms with E-state index in [0.717, 1.165) is 12.1 Å². The number of hydrazine groups is 1. The van der Waals surface area contributed by atoms with Gasteiger partial charge in [-0.25, -0.2) is 0 Å². The number of hydrogen-bond donors (Lipinski definition) is 3. The highest BCUT2D eigenvalue weighted by Gasteiger charge is 2.08. The maximum Gasteiger partial charge on any atom is 0.305 e. The van der Waals surface area contributed by atoms with Crippen LogP contribution in [0.5, 0.6) is 0 Å². The molecule has 0 saturated carbocycles. The van der Waals surface area contributed by atoms with E-state index >= 15 is 0 Å². The summed E-state index contributed by atoms with van der Waals surface area (Å²) in [6.07, 6.45) is 2.38.